The number of hydrogen-bond acceptors (Lipinski definition) is 4. The van der Waals surface area contributed by atoms with Crippen LogP contribution in [-0.4, -0.2) is 30.0 Å². The Labute approximate surface area is 142 Å². The zero-order chi connectivity index (χ0) is 17.1. The topological polar surface area (TPSA) is 69.6 Å². The van der Waals surface area contributed by atoms with E-state index in [4.69, 9.17) is 0 Å². The second-order valence-electron chi connectivity index (χ2n) is 5.60. The summed E-state index contributed by atoms with van der Waals surface area (Å²) in [5, 5.41) is 16.1. The molecule has 1 unspecified atom stereocenters. The first-order valence-corrected chi connectivity index (χ1v) is 8.59. The van der Waals surface area contributed by atoms with E-state index in [2.05, 4.69) is 5.32 Å². The number of nitrogens with zero attached hydrogens (tertiary/aromatic N) is 1. The summed E-state index contributed by atoms with van der Waals surface area (Å²) in [7, 11) is 0. The number of anilines is 1. The number of aliphatic hydroxyl groups is 1. The van der Waals surface area contributed by atoms with Crippen molar-refractivity contribution in [2.45, 2.75) is 18.9 Å². The van der Waals surface area contributed by atoms with Crippen LogP contribution in [0.2, 0.25) is 0 Å². The largest absolute Gasteiger partial charge is 0.387 e. The van der Waals surface area contributed by atoms with Crippen molar-refractivity contribution in [2.24, 2.45) is 0 Å². The molecule has 1 fully saturated rings. The van der Waals surface area contributed by atoms with Crippen LogP contribution in [0.4, 0.5) is 10.1 Å². The van der Waals surface area contributed by atoms with Crippen LogP contribution >= 0.6 is 11.3 Å². The van der Waals surface area contributed by atoms with Crippen LogP contribution in [0.3, 0.4) is 0 Å². The predicted molar refractivity (Wildman–Crippen MR) is 89.6 cm³/mol. The minimum Gasteiger partial charge on any atom is -0.387 e. The minimum absolute atomic E-state index is 0.0120. The Morgan fingerprint density at radius 1 is 1.42 bits per heavy atom. The SMILES string of the molecule is O=C(NCC(O)c1ccsc1)c1cc(N2CCCC2=O)ccc1F. The van der Waals surface area contributed by atoms with Crippen molar-refractivity contribution in [3.05, 3.63) is 52.0 Å². The van der Waals surface area contributed by atoms with Gasteiger partial charge < -0.3 is 15.3 Å². The maximum atomic E-state index is 14.0. The van der Waals surface area contributed by atoms with Gasteiger partial charge in [0, 0.05) is 25.2 Å². The van der Waals surface area contributed by atoms with Gasteiger partial charge in [-0.2, -0.15) is 11.3 Å². The van der Waals surface area contributed by atoms with E-state index >= 15 is 0 Å². The number of benzene rings is 1. The van der Waals surface area contributed by atoms with Gasteiger partial charge in [-0.3, -0.25) is 9.59 Å². The van der Waals surface area contributed by atoms with E-state index < -0.39 is 17.8 Å². The van der Waals surface area contributed by atoms with Gasteiger partial charge in [0.2, 0.25) is 5.91 Å². The number of carbonyl (C=O) groups is 2. The average molecular weight is 348 g/mol. The molecule has 2 N–H and O–H groups in total. The molecule has 2 aromatic rings. The van der Waals surface area contributed by atoms with Crippen LogP contribution in [0.5, 0.6) is 0 Å². The van der Waals surface area contributed by atoms with Gasteiger partial charge in [0.25, 0.3) is 5.91 Å². The van der Waals surface area contributed by atoms with Gasteiger partial charge >= 0.3 is 0 Å². The lowest BCUT2D eigenvalue weighted by atomic mass is 10.1. The second-order valence-corrected chi connectivity index (χ2v) is 6.38. The highest BCUT2D eigenvalue weighted by Gasteiger charge is 2.23. The minimum atomic E-state index is -0.841. The van der Waals surface area contributed by atoms with E-state index in [1.807, 2.05) is 5.38 Å². The van der Waals surface area contributed by atoms with E-state index in [0.29, 0.717) is 24.2 Å². The molecule has 0 spiro atoms. The summed E-state index contributed by atoms with van der Waals surface area (Å²) in [5.74, 6) is -1.30. The van der Waals surface area contributed by atoms with Crippen LogP contribution in [0.15, 0.2) is 35.0 Å². The van der Waals surface area contributed by atoms with Crippen molar-refractivity contribution in [3.63, 3.8) is 0 Å². The van der Waals surface area contributed by atoms with Gasteiger partial charge in [0.05, 0.1) is 11.7 Å². The van der Waals surface area contributed by atoms with Gasteiger partial charge in [0.1, 0.15) is 5.82 Å². The van der Waals surface area contributed by atoms with Crippen LogP contribution in [0, 0.1) is 5.82 Å². The molecule has 1 aliphatic rings. The number of halogens is 1. The van der Waals surface area contributed by atoms with E-state index in [-0.39, 0.29) is 18.0 Å². The Bertz CT molecular complexity index is 748. The molecular formula is C17H17FN2O3S. The maximum absolute atomic E-state index is 14.0. The average Bonchev–Trinajstić information content (AvgIpc) is 3.24. The van der Waals surface area contributed by atoms with Crippen molar-refractivity contribution in [1.29, 1.82) is 0 Å². The van der Waals surface area contributed by atoms with Crippen LogP contribution < -0.4 is 10.2 Å². The third kappa shape index (κ3) is 3.47. The van der Waals surface area contributed by atoms with Crippen molar-refractivity contribution in [1.82, 2.24) is 5.32 Å². The molecule has 1 saturated heterocycles. The Morgan fingerprint density at radius 2 is 2.25 bits per heavy atom. The smallest absolute Gasteiger partial charge is 0.254 e. The molecular weight excluding hydrogens is 331 g/mol. The molecule has 126 valence electrons. The van der Waals surface area contributed by atoms with Gasteiger partial charge in [-0.25, -0.2) is 4.39 Å². The van der Waals surface area contributed by atoms with E-state index in [9.17, 15) is 19.1 Å². The third-order valence-corrected chi connectivity index (χ3v) is 4.67. The van der Waals surface area contributed by atoms with Gasteiger partial charge in [-0.15, -0.1) is 0 Å². The summed E-state index contributed by atoms with van der Waals surface area (Å²) in [4.78, 5) is 25.6. The summed E-state index contributed by atoms with van der Waals surface area (Å²) >= 11 is 1.45. The first kappa shape index (κ1) is 16.6. The van der Waals surface area contributed by atoms with Gasteiger partial charge in [-0.05, 0) is 47.0 Å². The molecule has 7 heteroatoms. The van der Waals surface area contributed by atoms with Crippen LogP contribution in [0.1, 0.15) is 34.9 Å². The van der Waals surface area contributed by atoms with Crippen LogP contribution in [0.25, 0.3) is 0 Å². The lowest BCUT2D eigenvalue weighted by Gasteiger charge is -2.17. The van der Waals surface area contributed by atoms with Crippen molar-refractivity contribution < 1.29 is 19.1 Å². The molecule has 1 aliphatic heterocycles. The Hall–Kier alpha value is -2.25. The fraction of sp³-hybridized carbons (Fsp3) is 0.294. The van der Waals surface area contributed by atoms with Gasteiger partial charge in [-0.1, -0.05) is 0 Å². The lowest BCUT2D eigenvalue weighted by Crippen LogP contribution is -2.29. The zero-order valence-corrected chi connectivity index (χ0v) is 13.7. The standard InChI is InChI=1S/C17H17FN2O3S/c18-14-4-3-12(20-6-1-2-16(20)22)8-13(14)17(23)19-9-15(21)11-5-7-24-10-11/h3-5,7-8,10,15,21H,1-2,6,9H2,(H,19,23). The fourth-order valence-corrected chi connectivity index (χ4v) is 3.35. The monoisotopic (exact) mass is 348 g/mol. The molecule has 5 nitrogen and oxygen atoms in total. The molecule has 0 aliphatic carbocycles. The van der Waals surface area contributed by atoms with E-state index in [0.717, 1.165) is 6.42 Å². The van der Waals surface area contributed by atoms with Gasteiger partial charge in [0.15, 0.2) is 0 Å². The summed E-state index contributed by atoms with van der Waals surface area (Å²) in [6, 6.07) is 5.83. The number of amides is 2. The third-order valence-electron chi connectivity index (χ3n) is 3.96. The Kier molecular flexibility index (Phi) is 4.92. The number of aliphatic hydroxyl groups excluding tert-OH is 1. The normalized spacial score (nSPS) is 15.6. The highest BCUT2D eigenvalue weighted by molar-refractivity contribution is 7.07. The molecule has 3 rings (SSSR count). The van der Waals surface area contributed by atoms with Crippen molar-refractivity contribution in [3.8, 4) is 0 Å². The Balaban J connectivity index is 1.71. The van der Waals surface area contributed by atoms with E-state index in [1.54, 1.807) is 16.3 Å². The molecule has 0 radical (unpaired) electrons. The highest BCUT2D eigenvalue weighted by atomic mass is 32.1. The molecule has 1 aromatic carbocycles. The number of carbonyl (C=O) groups excluding carboxylic acids is 2. The van der Waals surface area contributed by atoms with E-state index in [1.165, 1.54) is 29.5 Å². The first-order valence-electron chi connectivity index (χ1n) is 7.64. The quantitative estimate of drug-likeness (QED) is 0.872. The molecule has 2 heterocycles. The van der Waals surface area contributed by atoms with Crippen molar-refractivity contribution >= 4 is 28.8 Å². The van der Waals surface area contributed by atoms with Crippen LogP contribution in [-0.2, 0) is 4.79 Å². The number of hydrogen-bond donors (Lipinski definition) is 2. The Morgan fingerprint density at radius 3 is 2.92 bits per heavy atom. The predicted octanol–water partition coefficient (Wildman–Crippen LogP) is 2.48. The first-order chi connectivity index (χ1) is 11.6. The fourth-order valence-electron chi connectivity index (χ4n) is 2.64. The van der Waals surface area contributed by atoms with Crippen molar-refractivity contribution in [2.75, 3.05) is 18.0 Å². The summed E-state index contributed by atoms with van der Waals surface area (Å²) in [5.41, 5.74) is 1.09. The second kappa shape index (κ2) is 7.11. The summed E-state index contributed by atoms with van der Waals surface area (Å²) in [6.45, 7) is 0.560. The lowest BCUT2D eigenvalue weighted by molar-refractivity contribution is -0.117. The number of nitrogens with one attached hydrogen (secondary N) is 1. The summed E-state index contributed by atoms with van der Waals surface area (Å²) < 4.78 is 14.0. The molecule has 1 aromatic heterocycles. The number of thiophene rings is 1. The maximum Gasteiger partial charge on any atom is 0.254 e. The zero-order valence-electron chi connectivity index (χ0n) is 12.9. The molecule has 0 bridgehead atoms. The molecule has 0 saturated carbocycles. The highest BCUT2D eigenvalue weighted by Crippen LogP contribution is 2.24. The number of rotatable bonds is 5. The molecule has 2 amide bonds. The molecule has 24 heavy (non-hydrogen) atoms. The molecule has 1 atom stereocenters. The summed E-state index contributed by atoms with van der Waals surface area (Å²) in [6.07, 6.45) is 0.377.